The molecule has 0 bridgehead atoms. The lowest BCUT2D eigenvalue weighted by atomic mass is 10.2. The van der Waals surface area contributed by atoms with Crippen LogP contribution in [0.1, 0.15) is 18.4 Å². The number of carbonyl (C=O) groups is 2. The van der Waals surface area contributed by atoms with E-state index in [1.807, 2.05) is 6.07 Å². The molecule has 1 aromatic rings. The minimum Gasteiger partial charge on any atom is -0.324 e. The summed E-state index contributed by atoms with van der Waals surface area (Å²) in [6.07, 6.45) is 1.90. The minimum atomic E-state index is -0.390. The number of nitriles is 1. The summed E-state index contributed by atoms with van der Waals surface area (Å²) in [5, 5.41) is 11.6. The second kappa shape index (κ2) is 5.78. The summed E-state index contributed by atoms with van der Waals surface area (Å²) in [4.78, 5) is 26.2. The van der Waals surface area contributed by atoms with E-state index in [4.69, 9.17) is 5.26 Å². The van der Waals surface area contributed by atoms with Gasteiger partial charge in [-0.1, -0.05) is 0 Å². The molecule has 0 spiro atoms. The van der Waals surface area contributed by atoms with Crippen LogP contribution in [0.2, 0.25) is 0 Å². The van der Waals surface area contributed by atoms with Gasteiger partial charge in [0.2, 0.25) is 11.8 Å². The van der Waals surface area contributed by atoms with Crippen molar-refractivity contribution in [2.45, 2.75) is 18.9 Å². The van der Waals surface area contributed by atoms with Crippen LogP contribution in [0, 0.1) is 17.2 Å². The third kappa shape index (κ3) is 3.03. The first-order valence-electron chi connectivity index (χ1n) is 6.88. The Bertz CT molecular complexity index is 604. The molecule has 1 atom stereocenters. The lowest BCUT2D eigenvalue weighted by Gasteiger charge is -2.23. The molecule has 3 rings (SSSR count). The number of hydrogen-bond acceptors (Lipinski definition) is 4. The Labute approximate surface area is 127 Å². The molecule has 1 heterocycles. The predicted octanol–water partition coefficient (Wildman–Crippen LogP) is 1.81. The van der Waals surface area contributed by atoms with E-state index in [0.717, 1.165) is 12.8 Å². The van der Waals surface area contributed by atoms with Crippen LogP contribution in [0.5, 0.6) is 0 Å². The number of rotatable bonds is 3. The SMILES string of the molecule is N#Cc1ccc(NC(=O)[C@@H]2CSCN2C(=O)C2CC2)cc1. The van der Waals surface area contributed by atoms with E-state index in [1.54, 1.807) is 40.9 Å². The molecule has 1 aliphatic carbocycles. The standard InChI is InChI=1S/C15H15N3O2S/c16-7-10-1-5-12(6-2-10)17-14(19)13-8-21-9-18(13)15(20)11-3-4-11/h1-2,5-6,11,13H,3-4,8-9H2,(H,17,19)/t13-/m0/s1. The maximum atomic E-state index is 12.3. The Kier molecular flexibility index (Phi) is 3.84. The van der Waals surface area contributed by atoms with E-state index in [-0.39, 0.29) is 17.7 Å². The monoisotopic (exact) mass is 301 g/mol. The fraction of sp³-hybridized carbons (Fsp3) is 0.400. The van der Waals surface area contributed by atoms with Gasteiger partial charge in [0, 0.05) is 17.4 Å². The number of carbonyl (C=O) groups excluding carboxylic acids is 2. The van der Waals surface area contributed by atoms with Crippen molar-refractivity contribution < 1.29 is 9.59 Å². The number of amides is 2. The van der Waals surface area contributed by atoms with Crippen LogP contribution in [0.4, 0.5) is 5.69 Å². The molecule has 108 valence electrons. The first kappa shape index (κ1) is 14.0. The summed E-state index contributed by atoms with van der Waals surface area (Å²) in [7, 11) is 0. The molecular weight excluding hydrogens is 286 g/mol. The molecule has 1 N–H and O–H groups in total. The third-order valence-corrected chi connectivity index (χ3v) is 4.69. The van der Waals surface area contributed by atoms with Gasteiger partial charge in [-0.2, -0.15) is 5.26 Å². The summed E-state index contributed by atoms with van der Waals surface area (Å²) in [5.41, 5.74) is 1.20. The molecule has 0 aromatic heterocycles. The zero-order valence-electron chi connectivity index (χ0n) is 11.4. The molecule has 2 aliphatic rings. The van der Waals surface area contributed by atoms with Crippen molar-refractivity contribution in [3.63, 3.8) is 0 Å². The van der Waals surface area contributed by atoms with Gasteiger partial charge >= 0.3 is 0 Å². The quantitative estimate of drug-likeness (QED) is 0.924. The second-order valence-corrected chi connectivity index (χ2v) is 6.28. The average Bonchev–Trinajstić information content (AvgIpc) is 3.23. The Morgan fingerprint density at radius 2 is 2.00 bits per heavy atom. The van der Waals surface area contributed by atoms with E-state index in [1.165, 1.54) is 0 Å². The zero-order chi connectivity index (χ0) is 14.8. The fourth-order valence-corrected chi connectivity index (χ4v) is 3.46. The van der Waals surface area contributed by atoms with Crippen LogP contribution in [0.25, 0.3) is 0 Å². The van der Waals surface area contributed by atoms with Crippen LogP contribution in [0.15, 0.2) is 24.3 Å². The molecule has 1 saturated carbocycles. The number of anilines is 1. The molecule has 2 fully saturated rings. The Morgan fingerprint density at radius 1 is 1.29 bits per heavy atom. The number of nitrogens with one attached hydrogen (secondary N) is 1. The summed E-state index contributed by atoms with van der Waals surface area (Å²) in [6.45, 7) is 0. The highest BCUT2D eigenvalue weighted by Crippen LogP contribution is 2.34. The normalized spacial score (nSPS) is 20.9. The molecule has 0 unspecified atom stereocenters. The van der Waals surface area contributed by atoms with Crippen LogP contribution in [0.3, 0.4) is 0 Å². The van der Waals surface area contributed by atoms with Gasteiger partial charge in [0.25, 0.3) is 0 Å². The molecular formula is C15H15N3O2S. The molecule has 6 heteroatoms. The Hall–Kier alpha value is -2.00. The van der Waals surface area contributed by atoms with E-state index >= 15 is 0 Å². The highest BCUT2D eigenvalue weighted by atomic mass is 32.2. The van der Waals surface area contributed by atoms with Crippen LogP contribution in [-0.2, 0) is 9.59 Å². The highest BCUT2D eigenvalue weighted by molar-refractivity contribution is 7.99. The van der Waals surface area contributed by atoms with Crippen molar-refractivity contribution in [3.05, 3.63) is 29.8 Å². The number of benzene rings is 1. The van der Waals surface area contributed by atoms with Gasteiger partial charge in [0.15, 0.2) is 0 Å². The van der Waals surface area contributed by atoms with E-state index in [9.17, 15) is 9.59 Å². The molecule has 21 heavy (non-hydrogen) atoms. The van der Waals surface area contributed by atoms with E-state index in [0.29, 0.717) is 22.9 Å². The first-order chi connectivity index (χ1) is 10.2. The van der Waals surface area contributed by atoms with Crippen molar-refractivity contribution in [2.75, 3.05) is 16.9 Å². The molecule has 5 nitrogen and oxygen atoms in total. The maximum Gasteiger partial charge on any atom is 0.248 e. The zero-order valence-corrected chi connectivity index (χ0v) is 12.2. The lowest BCUT2D eigenvalue weighted by Crippen LogP contribution is -2.45. The second-order valence-electron chi connectivity index (χ2n) is 5.28. The van der Waals surface area contributed by atoms with Crippen LogP contribution in [-0.4, -0.2) is 34.4 Å². The van der Waals surface area contributed by atoms with E-state index in [2.05, 4.69) is 5.32 Å². The lowest BCUT2D eigenvalue weighted by molar-refractivity contribution is -0.137. The number of hydrogen-bond donors (Lipinski definition) is 1. The highest BCUT2D eigenvalue weighted by Gasteiger charge is 2.41. The fourth-order valence-electron chi connectivity index (χ4n) is 2.30. The van der Waals surface area contributed by atoms with Gasteiger partial charge in [0.1, 0.15) is 6.04 Å². The topological polar surface area (TPSA) is 73.2 Å². The molecule has 1 aliphatic heterocycles. The maximum absolute atomic E-state index is 12.3. The van der Waals surface area contributed by atoms with Crippen molar-refractivity contribution in [1.82, 2.24) is 4.90 Å². The average molecular weight is 301 g/mol. The first-order valence-corrected chi connectivity index (χ1v) is 8.04. The number of nitrogens with zero attached hydrogens (tertiary/aromatic N) is 2. The molecule has 1 saturated heterocycles. The van der Waals surface area contributed by atoms with Crippen molar-refractivity contribution >= 4 is 29.3 Å². The van der Waals surface area contributed by atoms with Gasteiger partial charge < -0.3 is 10.2 Å². The van der Waals surface area contributed by atoms with Crippen molar-refractivity contribution in [2.24, 2.45) is 5.92 Å². The molecule has 0 radical (unpaired) electrons. The number of thioether (sulfide) groups is 1. The third-order valence-electron chi connectivity index (χ3n) is 3.68. The largest absolute Gasteiger partial charge is 0.324 e. The van der Waals surface area contributed by atoms with Gasteiger partial charge in [-0.3, -0.25) is 9.59 Å². The predicted molar refractivity (Wildman–Crippen MR) is 80.5 cm³/mol. The molecule has 2 amide bonds. The van der Waals surface area contributed by atoms with Crippen LogP contribution < -0.4 is 5.32 Å². The Balaban J connectivity index is 1.66. The summed E-state index contributed by atoms with van der Waals surface area (Å²) in [5.74, 6) is 1.33. The summed E-state index contributed by atoms with van der Waals surface area (Å²) < 4.78 is 0. The van der Waals surface area contributed by atoms with Crippen LogP contribution >= 0.6 is 11.8 Å². The van der Waals surface area contributed by atoms with Crippen molar-refractivity contribution in [3.8, 4) is 6.07 Å². The van der Waals surface area contributed by atoms with Gasteiger partial charge in [0.05, 0.1) is 17.5 Å². The van der Waals surface area contributed by atoms with E-state index < -0.39 is 6.04 Å². The summed E-state index contributed by atoms with van der Waals surface area (Å²) >= 11 is 1.61. The Morgan fingerprint density at radius 3 is 2.62 bits per heavy atom. The molecule has 1 aromatic carbocycles. The van der Waals surface area contributed by atoms with Gasteiger partial charge in [-0.15, -0.1) is 11.8 Å². The van der Waals surface area contributed by atoms with Gasteiger partial charge in [-0.05, 0) is 37.1 Å². The van der Waals surface area contributed by atoms with Gasteiger partial charge in [-0.25, -0.2) is 0 Å². The smallest absolute Gasteiger partial charge is 0.248 e. The minimum absolute atomic E-state index is 0.111. The summed E-state index contributed by atoms with van der Waals surface area (Å²) in [6, 6.07) is 8.36. The van der Waals surface area contributed by atoms with Crippen molar-refractivity contribution in [1.29, 1.82) is 5.26 Å².